The van der Waals surface area contributed by atoms with Crippen LogP contribution in [-0.4, -0.2) is 7.11 Å². The van der Waals surface area contributed by atoms with Crippen molar-refractivity contribution in [3.63, 3.8) is 0 Å². The van der Waals surface area contributed by atoms with E-state index in [-0.39, 0.29) is 16.7 Å². The van der Waals surface area contributed by atoms with Crippen LogP contribution in [0.4, 0.5) is 8.78 Å². The molecule has 3 heteroatoms. The van der Waals surface area contributed by atoms with Crippen LogP contribution in [0.3, 0.4) is 0 Å². The molecule has 0 N–H and O–H groups in total. The van der Waals surface area contributed by atoms with Gasteiger partial charge in [0.05, 0.1) is 12.7 Å². The van der Waals surface area contributed by atoms with Crippen molar-refractivity contribution < 1.29 is 13.5 Å². The Balaban J connectivity index is 3.34. The number of ether oxygens (including phenoxy) is 1. The van der Waals surface area contributed by atoms with Gasteiger partial charge in [-0.3, -0.25) is 0 Å². The first-order chi connectivity index (χ1) is 7.16. The highest BCUT2D eigenvalue weighted by Gasteiger charge is 2.30. The van der Waals surface area contributed by atoms with Gasteiger partial charge in [0.1, 0.15) is 5.75 Å². The number of methoxy groups -OCH3 is 1. The van der Waals surface area contributed by atoms with Crippen LogP contribution in [-0.2, 0) is 11.3 Å². The molecule has 1 aromatic carbocycles. The lowest BCUT2D eigenvalue weighted by atomic mass is 9.85. The molecule has 0 aromatic heterocycles. The minimum absolute atomic E-state index is 0.0533. The molecular weight excluding hydrogens is 210 g/mol. The number of hydrogen-bond acceptors (Lipinski definition) is 1. The summed E-state index contributed by atoms with van der Waals surface area (Å²) in [4.78, 5) is 0. The van der Waals surface area contributed by atoms with E-state index in [9.17, 15) is 8.78 Å². The zero-order valence-corrected chi connectivity index (χ0v) is 10.4. The van der Waals surface area contributed by atoms with Gasteiger partial charge in [0.2, 0.25) is 0 Å². The third kappa shape index (κ3) is 2.71. The van der Waals surface area contributed by atoms with Crippen molar-refractivity contribution in [2.24, 2.45) is 0 Å². The van der Waals surface area contributed by atoms with Crippen LogP contribution in [0.25, 0.3) is 0 Å². The lowest BCUT2D eigenvalue weighted by Crippen LogP contribution is -2.15. The van der Waals surface area contributed by atoms with Gasteiger partial charge in [-0.15, -0.1) is 0 Å². The Morgan fingerprint density at radius 1 is 1.06 bits per heavy atom. The molecule has 0 saturated heterocycles. The van der Waals surface area contributed by atoms with Crippen molar-refractivity contribution in [3.8, 4) is 5.75 Å². The van der Waals surface area contributed by atoms with Gasteiger partial charge in [-0.1, -0.05) is 26.8 Å². The predicted octanol–water partition coefficient (Wildman–Crippen LogP) is 4.10. The zero-order chi connectivity index (χ0) is 12.6. The maximum Gasteiger partial charge on any atom is 0.274 e. The lowest BCUT2D eigenvalue weighted by Gasteiger charge is -2.23. The molecule has 1 nitrogen and oxygen atoms in total. The van der Waals surface area contributed by atoms with Gasteiger partial charge < -0.3 is 4.74 Å². The van der Waals surface area contributed by atoms with E-state index in [1.54, 1.807) is 6.07 Å². The number of hydrogen-bond donors (Lipinski definition) is 0. The van der Waals surface area contributed by atoms with E-state index < -0.39 is 5.92 Å². The van der Waals surface area contributed by atoms with E-state index in [1.165, 1.54) is 13.2 Å². The smallest absolute Gasteiger partial charge is 0.274 e. The van der Waals surface area contributed by atoms with Gasteiger partial charge in [-0.2, -0.15) is 0 Å². The summed E-state index contributed by atoms with van der Waals surface area (Å²) in [6, 6.07) is 4.96. The number of halogens is 2. The summed E-state index contributed by atoms with van der Waals surface area (Å²) in [5.74, 6) is -2.65. The number of benzene rings is 1. The fourth-order valence-electron chi connectivity index (χ4n) is 1.52. The first-order valence-electron chi connectivity index (χ1n) is 5.23. The zero-order valence-electron chi connectivity index (χ0n) is 10.4. The molecule has 0 aliphatic carbocycles. The summed E-state index contributed by atoms with van der Waals surface area (Å²) in [6.07, 6.45) is 0. The van der Waals surface area contributed by atoms with Crippen molar-refractivity contribution in [1.29, 1.82) is 0 Å². The van der Waals surface area contributed by atoms with E-state index in [4.69, 9.17) is 4.74 Å². The molecule has 0 heterocycles. The number of rotatable bonds is 2. The van der Waals surface area contributed by atoms with Gasteiger partial charge >= 0.3 is 0 Å². The highest BCUT2D eigenvalue weighted by molar-refractivity contribution is 5.41. The fourth-order valence-corrected chi connectivity index (χ4v) is 1.52. The Labute approximate surface area is 95.4 Å². The molecule has 0 radical (unpaired) electrons. The molecule has 0 aliphatic heterocycles. The molecule has 0 fully saturated rings. The average Bonchev–Trinajstić information content (AvgIpc) is 2.14. The Morgan fingerprint density at radius 2 is 1.62 bits per heavy atom. The van der Waals surface area contributed by atoms with Crippen LogP contribution >= 0.6 is 0 Å². The first-order valence-corrected chi connectivity index (χ1v) is 5.23. The Bertz CT molecular complexity index is 372. The normalized spacial score (nSPS) is 12.7. The third-order valence-electron chi connectivity index (χ3n) is 2.54. The standard InChI is InChI=1S/C13H18F2O/c1-12(2,3)9-6-7-11(16-5)10(8-9)13(4,14)15/h6-8H,1-5H3. The SMILES string of the molecule is COc1ccc(C(C)(C)C)cc1C(C)(F)F. The van der Waals surface area contributed by atoms with Crippen molar-refractivity contribution in [1.82, 2.24) is 0 Å². The molecule has 0 saturated carbocycles. The second-order valence-corrected chi connectivity index (χ2v) is 5.05. The molecule has 0 bridgehead atoms. The van der Waals surface area contributed by atoms with Gasteiger partial charge in [0.15, 0.2) is 0 Å². The van der Waals surface area contributed by atoms with E-state index in [0.717, 1.165) is 12.5 Å². The monoisotopic (exact) mass is 228 g/mol. The molecule has 0 aliphatic rings. The summed E-state index contributed by atoms with van der Waals surface area (Å²) in [5.41, 5.74) is 0.680. The van der Waals surface area contributed by atoms with Gasteiger partial charge in [-0.25, -0.2) is 8.78 Å². The van der Waals surface area contributed by atoms with E-state index in [1.807, 2.05) is 26.8 Å². The van der Waals surface area contributed by atoms with Crippen LogP contribution in [0, 0.1) is 0 Å². The van der Waals surface area contributed by atoms with Crippen molar-refractivity contribution >= 4 is 0 Å². The minimum Gasteiger partial charge on any atom is -0.496 e. The second kappa shape index (κ2) is 4.04. The molecule has 0 spiro atoms. The molecule has 1 aromatic rings. The van der Waals surface area contributed by atoms with Crippen LogP contribution in [0.1, 0.15) is 38.8 Å². The molecule has 0 atom stereocenters. The Kier molecular flexibility index (Phi) is 3.27. The van der Waals surface area contributed by atoms with Crippen LogP contribution in [0.15, 0.2) is 18.2 Å². The maximum atomic E-state index is 13.4. The van der Waals surface area contributed by atoms with E-state index in [2.05, 4.69) is 0 Å². The fraction of sp³-hybridized carbons (Fsp3) is 0.538. The van der Waals surface area contributed by atoms with Crippen LogP contribution in [0.2, 0.25) is 0 Å². The molecule has 0 unspecified atom stereocenters. The van der Waals surface area contributed by atoms with Crippen LogP contribution in [0.5, 0.6) is 5.75 Å². The third-order valence-corrected chi connectivity index (χ3v) is 2.54. The van der Waals surface area contributed by atoms with Gasteiger partial charge in [0.25, 0.3) is 5.92 Å². The van der Waals surface area contributed by atoms with Crippen LogP contribution < -0.4 is 4.74 Å². The Hall–Kier alpha value is -1.12. The minimum atomic E-state index is -2.88. The summed E-state index contributed by atoms with van der Waals surface area (Å²) in [6.45, 7) is 6.86. The van der Waals surface area contributed by atoms with Gasteiger partial charge in [0, 0.05) is 6.92 Å². The van der Waals surface area contributed by atoms with Crippen molar-refractivity contribution in [2.45, 2.75) is 39.0 Å². The summed E-state index contributed by atoms with van der Waals surface area (Å²) in [7, 11) is 1.40. The summed E-state index contributed by atoms with van der Waals surface area (Å²) >= 11 is 0. The summed E-state index contributed by atoms with van der Waals surface area (Å²) in [5, 5.41) is 0. The highest BCUT2D eigenvalue weighted by atomic mass is 19.3. The second-order valence-electron chi connectivity index (χ2n) is 5.05. The Morgan fingerprint density at radius 3 is 2.00 bits per heavy atom. The summed E-state index contributed by atoms with van der Waals surface area (Å²) < 4.78 is 31.7. The molecule has 16 heavy (non-hydrogen) atoms. The molecule has 90 valence electrons. The molecule has 0 amide bonds. The lowest BCUT2D eigenvalue weighted by molar-refractivity contribution is 0.0149. The quantitative estimate of drug-likeness (QED) is 0.740. The average molecular weight is 228 g/mol. The van der Waals surface area contributed by atoms with Gasteiger partial charge in [-0.05, 0) is 23.1 Å². The van der Waals surface area contributed by atoms with Crippen molar-refractivity contribution in [2.75, 3.05) is 7.11 Å². The van der Waals surface area contributed by atoms with E-state index in [0.29, 0.717) is 0 Å². The largest absolute Gasteiger partial charge is 0.496 e. The maximum absolute atomic E-state index is 13.4. The molecular formula is C13H18F2O. The first kappa shape index (κ1) is 12.9. The van der Waals surface area contributed by atoms with Crippen molar-refractivity contribution in [3.05, 3.63) is 29.3 Å². The topological polar surface area (TPSA) is 9.23 Å². The number of alkyl halides is 2. The molecule has 1 rings (SSSR count). The predicted molar refractivity (Wildman–Crippen MR) is 61.3 cm³/mol. The van der Waals surface area contributed by atoms with E-state index >= 15 is 0 Å². The highest BCUT2D eigenvalue weighted by Crippen LogP contribution is 2.37.